The van der Waals surface area contributed by atoms with Crippen LogP contribution in [0.15, 0.2) is 24.3 Å². The van der Waals surface area contributed by atoms with E-state index in [1.807, 2.05) is 27.7 Å². The minimum absolute atomic E-state index is 0.0364. The molecule has 222 valence electrons. The Balaban J connectivity index is 2.44. The molecule has 40 heavy (non-hydrogen) atoms. The van der Waals surface area contributed by atoms with E-state index in [1.165, 1.54) is 11.8 Å². The maximum atomic E-state index is 13.4. The van der Waals surface area contributed by atoms with Crippen LogP contribution in [0.25, 0.3) is 0 Å². The second-order valence-electron chi connectivity index (χ2n) is 11.0. The van der Waals surface area contributed by atoms with Gasteiger partial charge in [-0.05, 0) is 42.9 Å². The molecule has 4 amide bonds. The van der Waals surface area contributed by atoms with Crippen LogP contribution in [0.1, 0.15) is 46.6 Å². The third-order valence-corrected chi connectivity index (χ3v) is 6.66. The van der Waals surface area contributed by atoms with Crippen molar-refractivity contribution in [2.75, 3.05) is 26.7 Å². The summed E-state index contributed by atoms with van der Waals surface area (Å²) in [6, 6.07) is 3.64. The van der Waals surface area contributed by atoms with Crippen LogP contribution in [0.5, 0.6) is 5.75 Å². The molecule has 12 heteroatoms. The number of carboxylic acids is 1. The molecule has 1 aliphatic rings. The number of hydrogen-bond donors (Lipinski definition) is 5. The molecule has 2 rings (SSSR count). The van der Waals surface area contributed by atoms with Crippen LogP contribution in [0.2, 0.25) is 0 Å². The molecule has 12 nitrogen and oxygen atoms in total. The van der Waals surface area contributed by atoms with Crippen molar-refractivity contribution < 1.29 is 33.8 Å². The second kappa shape index (κ2) is 15.2. The minimum Gasteiger partial charge on any atom is -0.497 e. The zero-order valence-corrected chi connectivity index (χ0v) is 24.2. The molecule has 1 aromatic carbocycles. The van der Waals surface area contributed by atoms with Gasteiger partial charge >= 0.3 is 5.97 Å². The monoisotopic (exact) mass is 561 g/mol. The lowest BCUT2D eigenvalue weighted by atomic mass is 10.0. The number of methoxy groups -OCH3 is 1. The van der Waals surface area contributed by atoms with Crippen LogP contribution >= 0.6 is 0 Å². The number of nitrogens with zero attached hydrogens (tertiary/aromatic N) is 1. The van der Waals surface area contributed by atoms with Gasteiger partial charge in [0.2, 0.25) is 23.6 Å². The summed E-state index contributed by atoms with van der Waals surface area (Å²) in [6.45, 7) is 8.46. The average molecular weight is 562 g/mol. The zero-order chi connectivity index (χ0) is 30.0. The summed E-state index contributed by atoms with van der Waals surface area (Å²) in [5.41, 5.74) is 0.755. The van der Waals surface area contributed by atoms with Crippen LogP contribution in [0.3, 0.4) is 0 Å². The van der Waals surface area contributed by atoms with Gasteiger partial charge in [-0.15, -0.1) is 0 Å². The third kappa shape index (κ3) is 10.5. The summed E-state index contributed by atoms with van der Waals surface area (Å²) < 4.78 is 5.19. The molecule has 0 aromatic heterocycles. The number of aliphatic carboxylic acids is 1. The van der Waals surface area contributed by atoms with E-state index in [4.69, 9.17) is 4.74 Å². The van der Waals surface area contributed by atoms with Gasteiger partial charge in [-0.1, -0.05) is 39.8 Å². The Hall–Kier alpha value is -3.67. The molecule has 4 atom stereocenters. The molecule has 1 aliphatic heterocycles. The van der Waals surface area contributed by atoms with Gasteiger partial charge < -0.3 is 31.1 Å². The van der Waals surface area contributed by atoms with Crippen LogP contribution in [0.4, 0.5) is 0 Å². The average Bonchev–Trinajstić information content (AvgIpc) is 2.86. The standard InChI is InChI=1S/C28H43N5O7/c1-16(2)11-21-28(39)31-22(12-19-7-9-20(40-6)10-8-19)27(38)29-18(5)26(37)32-23(17(3)4)13-33(15-25(35)36)14-24(34)30-21/h7-10,16-18,21-23H,11-15H2,1-6H3,(H,29,38)(H,30,34)(H,31,39)(H,32,37)(H,35,36)/t18-,21+,22+,23-/m1/s1. The van der Waals surface area contributed by atoms with Crippen molar-refractivity contribution in [2.24, 2.45) is 11.8 Å². The normalized spacial score (nSPS) is 23.9. The number of amides is 4. The summed E-state index contributed by atoms with van der Waals surface area (Å²) in [7, 11) is 1.54. The zero-order valence-electron chi connectivity index (χ0n) is 24.2. The maximum Gasteiger partial charge on any atom is 0.317 e. The lowest BCUT2D eigenvalue weighted by Gasteiger charge is -2.30. The summed E-state index contributed by atoms with van der Waals surface area (Å²) in [5, 5.41) is 20.5. The van der Waals surface area contributed by atoms with Crippen LogP contribution < -0.4 is 26.0 Å². The fourth-order valence-corrected chi connectivity index (χ4v) is 4.39. The molecule has 0 bridgehead atoms. The molecule has 5 N–H and O–H groups in total. The highest BCUT2D eigenvalue weighted by molar-refractivity contribution is 5.94. The topological polar surface area (TPSA) is 166 Å². The number of hydrogen-bond acceptors (Lipinski definition) is 7. The van der Waals surface area contributed by atoms with Crippen LogP contribution in [0, 0.1) is 11.8 Å². The largest absolute Gasteiger partial charge is 0.497 e. The Morgan fingerprint density at radius 2 is 1.57 bits per heavy atom. The number of benzene rings is 1. The summed E-state index contributed by atoms with van der Waals surface area (Å²) in [5.74, 6) is -2.64. The molecule has 0 saturated carbocycles. The molecule has 0 unspecified atom stereocenters. The number of nitrogens with one attached hydrogen (secondary N) is 4. The Labute approximate surface area is 235 Å². The number of carbonyl (C=O) groups excluding carboxylic acids is 4. The fourth-order valence-electron chi connectivity index (χ4n) is 4.39. The SMILES string of the molecule is COc1ccc(C[C@@H]2NC(=O)[C@H](CC(C)C)NC(=O)CN(CC(=O)O)C[C@H](C(C)C)NC(=O)[C@@H](C)NC2=O)cc1. The Morgan fingerprint density at radius 3 is 2.12 bits per heavy atom. The van der Waals surface area contributed by atoms with Gasteiger partial charge in [0, 0.05) is 19.0 Å². The predicted octanol–water partition coefficient (Wildman–Crippen LogP) is 0.299. The number of ether oxygens (including phenoxy) is 1. The van der Waals surface area contributed by atoms with E-state index in [1.54, 1.807) is 31.4 Å². The van der Waals surface area contributed by atoms with Crippen molar-refractivity contribution in [1.29, 1.82) is 0 Å². The fraction of sp³-hybridized carbons (Fsp3) is 0.607. The van der Waals surface area contributed by atoms with Crippen LogP contribution in [-0.4, -0.2) is 90.5 Å². The molecule has 0 radical (unpaired) electrons. The van der Waals surface area contributed by atoms with E-state index in [0.717, 1.165) is 5.56 Å². The van der Waals surface area contributed by atoms with Gasteiger partial charge in [0.25, 0.3) is 0 Å². The first-order chi connectivity index (χ1) is 18.8. The minimum atomic E-state index is -1.13. The molecular formula is C28H43N5O7. The van der Waals surface area contributed by atoms with Crippen molar-refractivity contribution in [1.82, 2.24) is 26.2 Å². The molecule has 1 aromatic rings. The Kier molecular flexibility index (Phi) is 12.4. The van der Waals surface area contributed by atoms with Gasteiger partial charge in [0.15, 0.2) is 0 Å². The lowest BCUT2D eigenvalue weighted by Crippen LogP contribution is -2.57. The molecule has 0 spiro atoms. The van der Waals surface area contributed by atoms with Gasteiger partial charge in [-0.2, -0.15) is 0 Å². The molecule has 0 aliphatic carbocycles. The maximum absolute atomic E-state index is 13.4. The highest BCUT2D eigenvalue weighted by atomic mass is 16.5. The highest BCUT2D eigenvalue weighted by Gasteiger charge is 2.31. The van der Waals surface area contributed by atoms with E-state index in [2.05, 4.69) is 21.3 Å². The molecule has 1 heterocycles. The van der Waals surface area contributed by atoms with E-state index in [-0.39, 0.29) is 31.3 Å². The first-order valence-corrected chi connectivity index (χ1v) is 13.6. The van der Waals surface area contributed by atoms with Crippen molar-refractivity contribution in [3.63, 3.8) is 0 Å². The third-order valence-electron chi connectivity index (χ3n) is 6.66. The van der Waals surface area contributed by atoms with E-state index in [0.29, 0.717) is 12.2 Å². The van der Waals surface area contributed by atoms with Gasteiger partial charge in [0.05, 0.1) is 20.2 Å². The smallest absolute Gasteiger partial charge is 0.317 e. The van der Waals surface area contributed by atoms with Crippen molar-refractivity contribution in [2.45, 2.75) is 71.6 Å². The number of rotatable bonds is 8. The highest BCUT2D eigenvalue weighted by Crippen LogP contribution is 2.14. The van der Waals surface area contributed by atoms with Crippen molar-refractivity contribution in [3.8, 4) is 5.75 Å². The quantitative estimate of drug-likeness (QED) is 0.302. The second-order valence-corrected chi connectivity index (χ2v) is 11.0. The Bertz CT molecular complexity index is 1040. The predicted molar refractivity (Wildman–Crippen MR) is 148 cm³/mol. The van der Waals surface area contributed by atoms with Gasteiger partial charge in [0.1, 0.15) is 23.9 Å². The first-order valence-electron chi connectivity index (χ1n) is 13.6. The van der Waals surface area contributed by atoms with Gasteiger partial charge in [-0.25, -0.2) is 0 Å². The van der Waals surface area contributed by atoms with Crippen LogP contribution in [-0.2, 0) is 30.4 Å². The van der Waals surface area contributed by atoms with E-state index >= 15 is 0 Å². The molecule has 1 saturated heterocycles. The van der Waals surface area contributed by atoms with E-state index in [9.17, 15) is 29.1 Å². The lowest BCUT2D eigenvalue weighted by molar-refractivity contribution is -0.139. The summed E-state index contributed by atoms with van der Waals surface area (Å²) in [6.07, 6.45) is 0.442. The number of carboxylic acid groups (broad SMARTS) is 1. The summed E-state index contributed by atoms with van der Waals surface area (Å²) >= 11 is 0. The Morgan fingerprint density at radius 1 is 0.950 bits per heavy atom. The first kappa shape index (κ1) is 32.5. The number of carbonyl (C=O) groups is 5. The molecule has 1 fully saturated rings. The van der Waals surface area contributed by atoms with Gasteiger partial charge in [-0.3, -0.25) is 28.9 Å². The van der Waals surface area contributed by atoms with Crippen molar-refractivity contribution in [3.05, 3.63) is 29.8 Å². The van der Waals surface area contributed by atoms with Crippen molar-refractivity contribution >= 4 is 29.6 Å². The molecular weight excluding hydrogens is 518 g/mol. The summed E-state index contributed by atoms with van der Waals surface area (Å²) in [4.78, 5) is 65.8. The van der Waals surface area contributed by atoms with E-state index < -0.39 is 60.3 Å².